The molecule has 0 saturated heterocycles. The lowest BCUT2D eigenvalue weighted by Crippen LogP contribution is -2.24. The highest BCUT2D eigenvalue weighted by Crippen LogP contribution is 2.28. The third kappa shape index (κ3) is 3.64. The van der Waals surface area contributed by atoms with Gasteiger partial charge in [-0.2, -0.15) is 5.10 Å². The molecule has 0 radical (unpaired) electrons. The van der Waals surface area contributed by atoms with Crippen LogP contribution in [0.4, 0.5) is 5.69 Å². The highest BCUT2D eigenvalue weighted by atomic mass is 32.1. The van der Waals surface area contributed by atoms with Crippen molar-refractivity contribution >= 4 is 35.1 Å². The van der Waals surface area contributed by atoms with Crippen molar-refractivity contribution < 1.29 is 9.53 Å². The molecular weight excluding hydrogens is 356 g/mol. The van der Waals surface area contributed by atoms with Crippen LogP contribution in [0.15, 0.2) is 41.8 Å². The van der Waals surface area contributed by atoms with Gasteiger partial charge in [0.15, 0.2) is 10.6 Å². The molecule has 8 heteroatoms. The number of aromatic amines is 1. The summed E-state index contributed by atoms with van der Waals surface area (Å²) in [6.45, 7) is 4.22. The first kappa shape index (κ1) is 17.4. The van der Waals surface area contributed by atoms with Crippen molar-refractivity contribution in [3.63, 3.8) is 0 Å². The minimum Gasteiger partial charge on any atom is -0.492 e. The van der Waals surface area contributed by atoms with Gasteiger partial charge in [0.25, 0.3) is 0 Å². The zero-order valence-electron chi connectivity index (χ0n) is 13.9. The zero-order chi connectivity index (χ0) is 17.8. The van der Waals surface area contributed by atoms with Crippen LogP contribution in [-0.4, -0.2) is 27.3 Å². The number of hydrogen-bond donors (Lipinski definition) is 2. The number of hydrogen-bond acceptors (Lipinski definition) is 5. The predicted molar refractivity (Wildman–Crippen MR) is 102 cm³/mol. The first-order chi connectivity index (χ1) is 12.1. The van der Waals surface area contributed by atoms with E-state index in [4.69, 9.17) is 17.0 Å². The summed E-state index contributed by atoms with van der Waals surface area (Å²) in [6.07, 6.45) is 0. The number of amides is 1. The van der Waals surface area contributed by atoms with E-state index < -0.39 is 6.04 Å². The third-order valence-corrected chi connectivity index (χ3v) is 4.81. The molecule has 1 amide bonds. The van der Waals surface area contributed by atoms with E-state index in [1.165, 1.54) is 0 Å². The second-order valence-electron chi connectivity index (χ2n) is 5.29. The predicted octanol–water partition coefficient (Wildman–Crippen LogP) is 4.27. The summed E-state index contributed by atoms with van der Waals surface area (Å²) in [7, 11) is 0. The lowest BCUT2D eigenvalue weighted by atomic mass is 10.2. The molecule has 0 aliphatic carbocycles. The average molecular weight is 374 g/mol. The monoisotopic (exact) mass is 374 g/mol. The van der Waals surface area contributed by atoms with E-state index in [1.54, 1.807) is 22.8 Å². The summed E-state index contributed by atoms with van der Waals surface area (Å²) in [5.41, 5.74) is 0.633. The summed E-state index contributed by atoms with van der Waals surface area (Å²) in [4.78, 5) is 13.7. The maximum absolute atomic E-state index is 12.8. The molecule has 0 saturated carbocycles. The van der Waals surface area contributed by atoms with Crippen molar-refractivity contribution in [1.82, 2.24) is 14.8 Å². The number of carbonyl (C=O) groups excluding carboxylic acids is 1. The summed E-state index contributed by atoms with van der Waals surface area (Å²) in [5, 5.41) is 11.9. The lowest BCUT2D eigenvalue weighted by Gasteiger charge is -2.17. The number of thiophene rings is 1. The molecule has 25 heavy (non-hydrogen) atoms. The fraction of sp³-hybridized carbons (Fsp3) is 0.235. The van der Waals surface area contributed by atoms with Crippen molar-refractivity contribution in [2.75, 3.05) is 11.9 Å². The van der Waals surface area contributed by atoms with Crippen molar-refractivity contribution in [3.05, 3.63) is 46.5 Å². The number of aromatic nitrogens is 3. The van der Waals surface area contributed by atoms with E-state index in [1.807, 2.05) is 48.7 Å². The summed E-state index contributed by atoms with van der Waals surface area (Å²) in [6, 6.07) is 10.7. The molecule has 6 nitrogen and oxygen atoms in total. The van der Waals surface area contributed by atoms with Gasteiger partial charge in [0.1, 0.15) is 11.8 Å². The van der Waals surface area contributed by atoms with Gasteiger partial charge in [-0.25, -0.2) is 0 Å². The van der Waals surface area contributed by atoms with Gasteiger partial charge in [-0.3, -0.25) is 14.5 Å². The standard InChI is InChI=1S/C17H18N4O2S2/c1-3-23-13-8-5-4-7-12(13)18-16(22)11(2)21-15(19-20-17(21)24)14-9-6-10-25-14/h4-11H,3H2,1-2H3,(H,18,22)(H,20,24)/t11-/m0/s1. The fourth-order valence-electron chi connectivity index (χ4n) is 2.45. The maximum Gasteiger partial charge on any atom is 0.247 e. The van der Waals surface area contributed by atoms with Gasteiger partial charge in [0.05, 0.1) is 17.2 Å². The van der Waals surface area contributed by atoms with Gasteiger partial charge in [-0.05, 0) is 49.6 Å². The number of benzene rings is 1. The Bertz CT molecular complexity index is 915. The number of ether oxygens (including phenoxy) is 1. The van der Waals surface area contributed by atoms with Crippen LogP contribution in [0.1, 0.15) is 19.9 Å². The van der Waals surface area contributed by atoms with Crippen LogP contribution in [0.3, 0.4) is 0 Å². The molecular formula is C17H18N4O2S2. The molecule has 2 N–H and O–H groups in total. The molecule has 0 aliphatic heterocycles. The molecule has 1 atom stereocenters. The van der Waals surface area contributed by atoms with Crippen LogP contribution in [0.5, 0.6) is 5.75 Å². The number of H-pyrrole nitrogens is 1. The summed E-state index contributed by atoms with van der Waals surface area (Å²) >= 11 is 6.86. The minimum atomic E-state index is -0.530. The summed E-state index contributed by atoms with van der Waals surface area (Å²) in [5.74, 6) is 1.10. The topological polar surface area (TPSA) is 71.9 Å². The Morgan fingerprint density at radius 1 is 1.40 bits per heavy atom. The van der Waals surface area contributed by atoms with Gasteiger partial charge in [0, 0.05) is 0 Å². The van der Waals surface area contributed by atoms with E-state index in [0.29, 0.717) is 28.6 Å². The van der Waals surface area contributed by atoms with Gasteiger partial charge in [-0.1, -0.05) is 18.2 Å². The number of para-hydroxylation sites is 2. The molecule has 0 bridgehead atoms. The SMILES string of the molecule is CCOc1ccccc1NC(=O)[C@H](C)n1c(-c2cccs2)n[nH]c1=S. The molecule has 3 aromatic rings. The van der Waals surface area contributed by atoms with Crippen molar-refractivity contribution in [1.29, 1.82) is 0 Å². The van der Waals surface area contributed by atoms with Gasteiger partial charge < -0.3 is 10.1 Å². The Hall–Kier alpha value is -2.45. The molecule has 3 rings (SSSR count). The smallest absolute Gasteiger partial charge is 0.247 e. The molecule has 130 valence electrons. The molecule has 0 fully saturated rings. The van der Waals surface area contributed by atoms with Crippen LogP contribution < -0.4 is 10.1 Å². The molecule has 0 aliphatic rings. The molecule has 2 heterocycles. The Labute approximate surface area is 154 Å². The highest BCUT2D eigenvalue weighted by Gasteiger charge is 2.22. The molecule has 0 spiro atoms. The second-order valence-corrected chi connectivity index (χ2v) is 6.63. The number of carbonyl (C=O) groups is 1. The van der Waals surface area contributed by atoms with E-state index in [-0.39, 0.29) is 5.91 Å². The van der Waals surface area contributed by atoms with E-state index in [0.717, 1.165) is 4.88 Å². The Morgan fingerprint density at radius 3 is 2.92 bits per heavy atom. The van der Waals surface area contributed by atoms with E-state index in [9.17, 15) is 4.79 Å². The van der Waals surface area contributed by atoms with Gasteiger partial charge in [-0.15, -0.1) is 11.3 Å². The number of nitrogens with one attached hydrogen (secondary N) is 2. The quantitative estimate of drug-likeness (QED) is 0.632. The first-order valence-corrected chi connectivity index (χ1v) is 9.14. The number of anilines is 1. The Morgan fingerprint density at radius 2 is 2.20 bits per heavy atom. The first-order valence-electron chi connectivity index (χ1n) is 7.85. The Balaban J connectivity index is 1.87. The summed E-state index contributed by atoms with van der Waals surface area (Å²) < 4.78 is 7.68. The molecule has 1 aromatic carbocycles. The Kier molecular flexibility index (Phi) is 5.30. The second kappa shape index (κ2) is 7.62. The van der Waals surface area contributed by atoms with Crippen LogP contribution in [0, 0.1) is 4.77 Å². The lowest BCUT2D eigenvalue weighted by molar-refractivity contribution is -0.118. The van der Waals surface area contributed by atoms with Gasteiger partial charge >= 0.3 is 0 Å². The number of nitrogens with zero attached hydrogens (tertiary/aromatic N) is 2. The van der Waals surface area contributed by atoms with E-state index >= 15 is 0 Å². The molecule has 0 unspecified atom stereocenters. The third-order valence-electron chi connectivity index (χ3n) is 3.66. The van der Waals surface area contributed by atoms with Gasteiger partial charge in [0.2, 0.25) is 5.91 Å². The normalized spacial score (nSPS) is 11.9. The average Bonchev–Trinajstić information content (AvgIpc) is 3.25. The highest BCUT2D eigenvalue weighted by molar-refractivity contribution is 7.71. The largest absolute Gasteiger partial charge is 0.492 e. The number of rotatable bonds is 6. The zero-order valence-corrected chi connectivity index (χ0v) is 15.5. The molecule has 2 aromatic heterocycles. The van der Waals surface area contributed by atoms with Crippen molar-refractivity contribution in [2.45, 2.75) is 19.9 Å². The fourth-order valence-corrected chi connectivity index (χ4v) is 3.45. The van der Waals surface area contributed by atoms with E-state index in [2.05, 4.69) is 15.5 Å². The van der Waals surface area contributed by atoms with Crippen LogP contribution in [0.2, 0.25) is 0 Å². The van der Waals surface area contributed by atoms with Crippen molar-refractivity contribution in [2.24, 2.45) is 0 Å². The van der Waals surface area contributed by atoms with Crippen molar-refractivity contribution in [3.8, 4) is 16.5 Å². The maximum atomic E-state index is 12.8. The van der Waals surface area contributed by atoms with Crippen LogP contribution in [0.25, 0.3) is 10.7 Å². The van der Waals surface area contributed by atoms with Crippen LogP contribution >= 0.6 is 23.6 Å². The van der Waals surface area contributed by atoms with Crippen LogP contribution in [-0.2, 0) is 4.79 Å². The minimum absolute atomic E-state index is 0.192.